The summed E-state index contributed by atoms with van der Waals surface area (Å²) in [6, 6.07) is 14.9. The summed E-state index contributed by atoms with van der Waals surface area (Å²) in [5, 5.41) is 3.94. The lowest BCUT2D eigenvalue weighted by atomic mass is 9.70. The molecule has 1 N–H and O–H groups in total. The SMILES string of the molecule is COc1ncc(-c2cccc(C3CC(C(=O)NCC4CCC(c5ccc(OC)c(C)c5)CC4)CCC3C(=O)N(C)C)c2)s1. The fraction of sp³-hybridized carbons (Fsp3) is 0.514. The summed E-state index contributed by atoms with van der Waals surface area (Å²) in [5.74, 6) is 2.05. The van der Waals surface area contributed by atoms with Crippen molar-refractivity contribution in [3.63, 3.8) is 0 Å². The molecule has 2 amide bonds. The topological polar surface area (TPSA) is 80.8 Å². The quantitative estimate of drug-likeness (QED) is 0.291. The highest BCUT2D eigenvalue weighted by Gasteiger charge is 2.39. The molecule has 8 heteroatoms. The van der Waals surface area contributed by atoms with E-state index in [9.17, 15) is 9.59 Å². The van der Waals surface area contributed by atoms with Gasteiger partial charge < -0.3 is 19.7 Å². The van der Waals surface area contributed by atoms with Crippen LogP contribution in [0.5, 0.6) is 10.9 Å². The number of rotatable bonds is 9. The monoisotopic (exact) mass is 603 g/mol. The fourth-order valence-corrected chi connectivity index (χ4v) is 7.78. The molecule has 3 aromatic rings. The van der Waals surface area contributed by atoms with Crippen LogP contribution in [0.15, 0.2) is 48.7 Å². The zero-order valence-electron chi connectivity index (χ0n) is 26.1. The fourth-order valence-electron chi connectivity index (χ4n) is 7.06. The molecule has 2 saturated carbocycles. The number of carbonyl (C=O) groups excluding carboxylic acids is 2. The summed E-state index contributed by atoms with van der Waals surface area (Å²) in [7, 11) is 6.99. The number of hydrogen-bond donors (Lipinski definition) is 1. The Labute approximate surface area is 260 Å². The molecule has 0 radical (unpaired) electrons. The highest BCUT2D eigenvalue weighted by Crippen LogP contribution is 2.43. The van der Waals surface area contributed by atoms with Gasteiger partial charge in [-0.25, -0.2) is 4.98 Å². The number of amides is 2. The van der Waals surface area contributed by atoms with E-state index >= 15 is 0 Å². The molecule has 3 atom stereocenters. The van der Waals surface area contributed by atoms with E-state index in [1.165, 1.54) is 22.5 Å². The maximum Gasteiger partial charge on any atom is 0.273 e. The first kappa shape index (κ1) is 31.0. The summed E-state index contributed by atoms with van der Waals surface area (Å²) in [5.41, 5.74) is 4.75. The molecule has 230 valence electrons. The Bertz CT molecular complexity index is 1410. The molecule has 7 nitrogen and oxygen atoms in total. The number of hydrogen-bond acceptors (Lipinski definition) is 6. The average Bonchev–Trinajstić information content (AvgIpc) is 3.53. The lowest BCUT2D eigenvalue weighted by Gasteiger charge is -2.37. The minimum atomic E-state index is -0.137. The molecular weight excluding hydrogens is 558 g/mol. The van der Waals surface area contributed by atoms with Gasteiger partial charge in [0.2, 0.25) is 11.8 Å². The van der Waals surface area contributed by atoms with Crippen LogP contribution in [-0.4, -0.2) is 56.6 Å². The maximum atomic E-state index is 13.5. The molecule has 5 rings (SSSR count). The standard InChI is InChI=1S/C35H45N3O4S/c1-22-17-25(14-16-31(22)41-4)24-11-9-23(10-12-24)20-36-33(39)28-13-15-29(34(40)38(2)3)30(19-28)26-7-6-8-27(18-26)32-21-37-35(42-5)43-32/h6-8,14,16-18,21,23-24,28-30H,9-13,15,19-20H2,1-5H3,(H,36,39). The predicted octanol–water partition coefficient (Wildman–Crippen LogP) is 6.81. The summed E-state index contributed by atoms with van der Waals surface area (Å²) in [6.45, 7) is 2.84. The number of ether oxygens (including phenoxy) is 2. The second kappa shape index (κ2) is 13.9. The van der Waals surface area contributed by atoms with E-state index < -0.39 is 0 Å². The van der Waals surface area contributed by atoms with Crippen molar-refractivity contribution >= 4 is 23.2 Å². The third-order valence-corrected chi connectivity index (χ3v) is 10.5. The van der Waals surface area contributed by atoms with Crippen LogP contribution >= 0.6 is 11.3 Å². The highest BCUT2D eigenvalue weighted by atomic mass is 32.1. The van der Waals surface area contributed by atoms with E-state index in [4.69, 9.17) is 9.47 Å². The van der Waals surface area contributed by atoms with Crippen molar-refractivity contribution in [1.82, 2.24) is 15.2 Å². The largest absolute Gasteiger partial charge is 0.496 e. The Hall–Kier alpha value is -3.39. The zero-order chi connectivity index (χ0) is 30.5. The molecule has 0 spiro atoms. The molecule has 0 bridgehead atoms. The van der Waals surface area contributed by atoms with Gasteiger partial charge in [0.05, 0.1) is 19.1 Å². The van der Waals surface area contributed by atoms with Gasteiger partial charge in [-0.05, 0) is 104 Å². The van der Waals surface area contributed by atoms with E-state index in [0.29, 0.717) is 29.9 Å². The van der Waals surface area contributed by atoms with Crippen LogP contribution in [0.4, 0.5) is 0 Å². The third kappa shape index (κ3) is 7.23. The van der Waals surface area contributed by atoms with E-state index in [2.05, 4.69) is 53.6 Å². The van der Waals surface area contributed by atoms with Crippen LogP contribution in [0.2, 0.25) is 0 Å². The van der Waals surface area contributed by atoms with Crippen LogP contribution in [0.3, 0.4) is 0 Å². The molecule has 2 aliphatic carbocycles. The van der Waals surface area contributed by atoms with E-state index in [1.54, 1.807) is 19.1 Å². The molecule has 0 saturated heterocycles. The molecule has 1 aromatic heterocycles. The second-order valence-corrected chi connectivity index (χ2v) is 13.5. The van der Waals surface area contributed by atoms with Crippen molar-refractivity contribution in [3.05, 3.63) is 65.4 Å². The number of methoxy groups -OCH3 is 2. The van der Waals surface area contributed by atoms with Crippen LogP contribution < -0.4 is 14.8 Å². The molecule has 3 unspecified atom stereocenters. The van der Waals surface area contributed by atoms with Crippen molar-refractivity contribution in [2.75, 3.05) is 34.9 Å². The Morgan fingerprint density at radius 1 is 0.977 bits per heavy atom. The van der Waals surface area contributed by atoms with Gasteiger partial charge in [-0.2, -0.15) is 0 Å². The van der Waals surface area contributed by atoms with Crippen LogP contribution in [0, 0.1) is 24.7 Å². The Morgan fingerprint density at radius 3 is 2.44 bits per heavy atom. The van der Waals surface area contributed by atoms with Gasteiger partial charge in [-0.15, -0.1) is 0 Å². The number of nitrogens with zero attached hydrogens (tertiary/aromatic N) is 2. The van der Waals surface area contributed by atoms with Crippen molar-refractivity contribution in [2.45, 2.75) is 63.7 Å². The third-order valence-electron chi connectivity index (χ3n) is 9.54. The van der Waals surface area contributed by atoms with Gasteiger partial charge >= 0.3 is 0 Å². The first-order chi connectivity index (χ1) is 20.8. The Morgan fingerprint density at radius 2 is 1.77 bits per heavy atom. The summed E-state index contributed by atoms with van der Waals surface area (Å²) < 4.78 is 10.7. The van der Waals surface area contributed by atoms with E-state index in [0.717, 1.165) is 60.4 Å². The summed E-state index contributed by atoms with van der Waals surface area (Å²) in [6.07, 6.45) is 8.49. The predicted molar refractivity (Wildman–Crippen MR) is 172 cm³/mol. The molecule has 43 heavy (non-hydrogen) atoms. The summed E-state index contributed by atoms with van der Waals surface area (Å²) in [4.78, 5) is 33.8. The van der Waals surface area contributed by atoms with Crippen molar-refractivity contribution < 1.29 is 19.1 Å². The molecule has 2 aliphatic rings. The van der Waals surface area contributed by atoms with Gasteiger partial charge in [0.1, 0.15) is 5.75 Å². The van der Waals surface area contributed by atoms with Crippen LogP contribution in [-0.2, 0) is 9.59 Å². The molecule has 2 fully saturated rings. The van der Waals surface area contributed by atoms with Gasteiger partial charge in [-0.1, -0.05) is 41.7 Å². The summed E-state index contributed by atoms with van der Waals surface area (Å²) >= 11 is 1.50. The molecule has 2 aromatic carbocycles. The van der Waals surface area contributed by atoms with Crippen molar-refractivity contribution in [3.8, 4) is 21.4 Å². The van der Waals surface area contributed by atoms with Crippen LogP contribution in [0.1, 0.15) is 73.5 Å². The second-order valence-electron chi connectivity index (χ2n) is 12.5. The zero-order valence-corrected chi connectivity index (χ0v) is 26.9. The molecule has 1 heterocycles. The number of aromatic nitrogens is 1. The minimum Gasteiger partial charge on any atom is -0.496 e. The smallest absolute Gasteiger partial charge is 0.273 e. The first-order valence-electron chi connectivity index (χ1n) is 15.5. The number of benzene rings is 2. The highest BCUT2D eigenvalue weighted by molar-refractivity contribution is 7.16. The number of thiazole rings is 1. The number of aryl methyl sites for hydroxylation is 1. The Kier molecular flexibility index (Phi) is 10.1. The van der Waals surface area contributed by atoms with E-state index in [1.807, 2.05) is 26.4 Å². The lowest BCUT2D eigenvalue weighted by Crippen LogP contribution is -2.42. The Balaban J connectivity index is 1.21. The van der Waals surface area contributed by atoms with Crippen molar-refractivity contribution in [1.29, 1.82) is 0 Å². The van der Waals surface area contributed by atoms with E-state index in [-0.39, 0.29) is 29.6 Å². The number of carbonyl (C=O) groups is 2. The van der Waals surface area contributed by atoms with Crippen LogP contribution in [0.25, 0.3) is 10.4 Å². The molecule has 0 aliphatic heterocycles. The minimum absolute atomic E-state index is 0.0161. The first-order valence-corrected chi connectivity index (χ1v) is 16.3. The molecular formula is C35H45N3O4S. The van der Waals surface area contributed by atoms with Gasteiger partial charge in [0.15, 0.2) is 0 Å². The van der Waals surface area contributed by atoms with Gasteiger partial charge in [-0.3, -0.25) is 9.59 Å². The normalized spacial score (nSPS) is 23.8. The number of nitrogens with one attached hydrogen (secondary N) is 1. The van der Waals surface area contributed by atoms with Gasteiger partial charge in [0, 0.05) is 38.7 Å². The van der Waals surface area contributed by atoms with Crippen molar-refractivity contribution in [2.24, 2.45) is 17.8 Å². The van der Waals surface area contributed by atoms with Gasteiger partial charge in [0.25, 0.3) is 5.19 Å². The lowest BCUT2D eigenvalue weighted by molar-refractivity contribution is -0.137. The maximum absolute atomic E-state index is 13.5. The average molecular weight is 604 g/mol.